The van der Waals surface area contributed by atoms with E-state index in [-0.39, 0.29) is 0 Å². The molecule has 0 aliphatic carbocycles. The summed E-state index contributed by atoms with van der Waals surface area (Å²) in [5.41, 5.74) is 1.29. The Hall–Kier alpha value is -0.530. The molecule has 0 heterocycles. The first kappa shape index (κ1) is 12.5. The van der Waals surface area contributed by atoms with Crippen LogP contribution in [0.15, 0.2) is 24.3 Å². The maximum atomic E-state index is 5.85. The molecule has 1 N–H and O–H groups in total. The maximum Gasteiger partial charge on any atom is 0.0406 e. The monoisotopic (exact) mass is 225 g/mol. The first-order valence-electron chi connectivity index (χ1n) is 5.65. The van der Waals surface area contributed by atoms with Crippen LogP contribution in [0.3, 0.4) is 0 Å². The van der Waals surface area contributed by atoms with Crippen molar-refractivity contribution >= 4 is 11.6 Å². The second-order valence-electron chi connectivity index (χ2n) is 4.13. The fourth-order valence-electron chi connectivity index (χ4n) is 1.79. The smallest absolute Gasteiger partial charge is 0.0406 e. The van der Waals surface area contributed by atoms with E-state index in [2.05, 4.69) is 38.2 Å². The normalized spacial score (nSPS) is 14.9. The van der Waals surface area contributed by atoms with E-state index in [0.29, 0.717) is 12.1 Å². The fraction of sp³-hybridized carbons (Fsp3) is 0.538. The second-order valence-corrected chi connectivity index (χ2v) is 4.57. The summed E-state index contributed by atoms with van der Waals surface area (Å²) < 4.78 is 0. The lowest BCUT2D eigenvalue weighted by Gasteiger charge is -2.19. The predicted octanol–water partition coefficient (Wildman–Crippen LogP) is 4.18. The lowest BCUT2D eigenvalue weighted by molar-refractivity contribution is 0.453. The third-order valence-corrected chi connectivity index (χ3v) is 2.88. The van der Waals surface area contributed by atoms with Gasteiger partial charge in [-0.05, 0) is 38.0 Å². The first-order valence-corrected chi connectivity index (χ1v) is 6.02. The van der Waals surface area contributed by atoms with Crippen molar-refractivity contribution in [3.05, 3.63) is 34.9 Å². The number of hydrogen-bond acceptors (Lipinski definition) is 1. The number of nitrogens with one attached hydrogen (secondary N) is 1. The van der Waals surface area contributed by atoms with Gasteiger partial charge in [0.15, 0.2) is 0 Å². The summed E-state index contributed by atoms with van der Waals surface area (Å²) in [6.07, 6.45) is 2.44. The van der Waals surface area contributed by atoms with E-state index >= 15 is 0 Å². The maximum absolute atomic E-state index is 5.85. The molecule has 15 heavy (non-hydrogen) atoms. The van der Waals surface area contributed by atoms with Gasteiger partial charge in [0.05, 0.1) is 0 Å². The predicted molar refractivity (Wildman–Crippen MR) is 67.4 cm³/mol. The Morgan fingerprint density at radius 2 is 1.80 bits per heavy atom. The number of rotatable bonds is 5. The minimum absolute atomic E-state index is 0.392. The minimum Gasteiger partial charge on any atom is -0.308 e. The van der Waals surface area contributed by atoms with Crippen molar-refractivity contribution in [3.8, 4) is 0 Å². The Bertz CT molecular complexity index is 281. The molecule has 1 nitrogen and oxygen atoms in total. The van der Waals surface area contributed by atoms with Gasteiger partial charge in [-0.15, -0.1) is 0 Å². The average molecular weight is 226 g/mol. The minimum atomic E-state index is 0.392. The van der Waals surface area contributed by atoms with Gasteiger partial charge in [-0.2, -0.15) is 0 Å². The molecule has 0 aromatic heterocycles. The Labute approximate surface area is 97.8 Å². The second kappa shape index (κ2) is 6.14. The van der Waals surface area contributed by atoms with Gasteiger partial charge in [0.1, 0.15) is 0 Å². The molecule has 1 aromatic rings. The number of benzene rings is 1. The van der Waals surface area contributed by atoms with Gasteiger partial charge in [-0.25, -0.2) is 0 Å². The zero-order chi connectivity index (χ0) is 11.3. The third-order valence-electron chi connectivity index (χ3n) is 2.63. The van der Waals surface area contributed by atoms with Crippen molar-refractivity contribution in [1.82, 2.24) is 5.32 Å². The van der Waals surface area contributed by atoms with E-state index in [9.17, 15) is 0 Å². The summed E-state index contributed by atoms with van der Waals surface area (Å²) in [4.78, 5) is 0. The summed E-state index contributed by atoms with van der Waals surface area (Å²) in [7, 11) is 0. The molecule has 84 valence electrons. The Morgan fingerprint density at radius 3 is 2.33 bits per heavy atom. The van der Waals surface area contributed by atoms with Gasteiger partial charge >= 0.3 is 0 Å². The fourth-order valence-corrected chi connectivity index (χ4v) is 1.92. The molecule has 0 bridgehead atoms. The largest absolute Gasteiger partial charge is 0.308 e. The van der Waals surface area contributed by atoms with Crippen molar-refractivity contribution < 1.29 is 0 Å². The molecule has 0 aliphatic rings. The molecular weight excluding hydrogens is 206 g/mol. The van der Waals surface area contributed by atoms with Crippen LogP contribution in [0.1, 0.15) is 45.2 Å². The lowest BCUT2D eigenvalue weighted by atomic mass is 10.1. The van der Waals surface area contributed by atoms with Crippen molar-refractivity contribution in [3.63, 3.8) is 0 Å². The third kappa shape index (κ3) is 4.23. The quantitative estimate of drug-likeness (QED) is 0.793. The van der Waals surface area contributed by atoms with E-state index in [1.165, 1.54) is 18.4 Å². The van der Waals surface area contributed by atoms with Gasteiger partial charge < -0.3 is 5.32 Å². The van der Waals surface area contributed by atoms with Crippen LogP contribution in [0.4, 0.5) is 0 Å². The lowest BCUT2D eigenvalue weighted by Crippen LogP contribution is -2.28. The highest BCUT2D eigenvalue weighted by atomic mass is 35.5. The van der Waals surface area contributed by atoms with Crippen LogP contribution in [0.2, 0.25) is 5.02 Å². The summed E-state index contributed by atoms with van der Waals surface area (Å²) >= 11 is 5.85. The Kier molecular flexibility index (Phi) is 5.13. The first-order chi connectivity index (χ1) is 7.13. The SMILES string of the molecule is CCCC(C)NC(C)c1ccc(Cl)cc1. The van der Waals surface area contributed by atoms with Crippen LogP contribution >= 0.6 is 11.6 Å². The van der Waals surface area contributed by atoms with Gasteiger partial charge in [0.2, 0.25) is 0 Å². The van der Waals surface area contributed by atoms with Crippen molar-refractivity contribution in [2.45, 2.75) is 45.7 Å². The Balaban J connectivity index is 2.53. The Morgan fingerprint density at radius 1 is 1.20 bits per heavy atom. The molecule has 0 spiro atoms. The van der Waals surface area contributed by atoms with E-state index in [4.69, 9.17) is 11.6 Å². The highest BCUT2D eigenvalue weighted by Crippen LogP contribution is 2.16. The molecule has 2 unspecified atom stereocenters. The standard InChI is InChI=1S/C13H20ClN/c1-4-5-10(2)15-11(3)12-6-8-13(14)9-7-12/h6-11,15H,4-5H2,1-3H3. The average Bonchev–Trinajstić information content (AvgIpc) is 2.18. The molecule has 2 atom stereocenters. The summed E-state index contributed by atoms with van der Waals surface area (Å²) in [5.74, 6) is 0. The van der Waals surface area contributed by atoms with Crippen molar-refractivity contribution in [1.29, 1.82) is 0 Å². The van der Waals surface area contributed by atoms with Crippen LogP contribution in [0, 0.1) is 0 Å². The molecule has 0 fully saturated rings. The van der Waals surface area contributed by atoms with Crippen molar-refractivity contribution in [2.24, 2.45) is 0 Å². The summed E-state index contributed by atoms with van der Waals surface area (Å²) in [5, 5.41) is 4.37. The van der Waals surface area contributed by atoms with Crippen molar-refractivity contribution in [2.75, 3.05) is 0 Å². The molecule has 1 aromatic carbocycles. The van der Waals surface area contributed by atoms with E-state index in [1.807, 2.05) is 12.1 Å². The molecule has 0 saturated heterocycles. The van der Waals surface area contributed by atoms with E-state index in [0.717, 1.165) is 5.02 Å². The van der Waals surface area contributed by atoms with Gasteiger partial charge in [0, 0.05) is 17.1 Å². The van der Waals surface area contributed by atoms with Crippen LogP contribution in [-0.2, 0) is 0 Å². The van der Waals surface area contributed by atoms with Gasteiger partial charge in [-0.3, -0.25) is 0 Å². The van der Waals surface area contributed by atoms with Crippen LogP contribution in [0.25, 0.3) is 0 Å². The topological polar surface area (TPSA) is 12.0 Å². The van der Waals surface area contributed by atoms with Crippen LogP contribution in [0.5, 0.6) is 0 Å². The van der Waals surface area contributed by atoms with Crippen LogP contribution in [-0.4, -0.2) is 6.04 Å². The van der Waals surface area contributed by atoms with Gasteiger partial charge in [0.25, 0.3) is 0 Å². The molecular formula is C13H20ClN. The number of halogens is 1. The summed E-state index contributed by atoms with van der Waals surface area (Å²) in [6.45, 7) is 6.64. The molecule has 0 saturated carbocycles. The zero-order valence-electron chi connectivity index (χ0n) is 9.76. The summed E-state index contributed by atoms with van der Waals surface area (Å²) in [6, 6.07) is 9.01. The molecule has 0 amide bonds. The number of hydrogen-bond donors (Lipinski definition) is 1. The van der Waals surface area contributed by atoms with E-state index < -0.39 is 0 Å². The molecule has 0 radical (unpaired) electrons. The zero-order valence-corrected chi connectivity index (χ0v) is 10.5. The molecule has 2 heteroatoms. The van der Waals surface area contributed by atoms with Crippen LogP contribution < -0.4 is 5.32 Å². The van der Waals surface area contributed by atoms with E-state index in [1.54, 1.807) is 0 Å². The highest BCUT2D eigenvalue weighted by Gasteiger charge is 2.08. The molecule has 0 aliphatic heterocycles. The molecule has 1 rings (SSSR count). The highest BCUT2D eigenvalue weighted by molar-refractivity contribution is 6.30. The van der Waals surface area contributed by atoms with Gasteiger partial charge in [-0.1, -0.05) is 37.1 Å².